The molecule has 2 nitrogen and oxygen atoms in total. The van der Waals surface area contributed by atoms with Crippen LogP contribution in [0.2, 0.25) is 0 Å². The third-order valence-electron chi connectivity index (χ3n) is 2.31. The lowest BCUT2D eigenvalue weighted by atomic mass is 10.2. The van der Waals surface area contributed by atoms with E-state index >= 15 is 0 Å². The van der Waals surface area contributed by atoms with Gasteiger partial charge in [-0.15, -0.1) is 0 Å². The molecule has 0 bridgehead atoms. The van der Waals surface area contributed by atoms with Gasteiger partial charge in [-0.1, -0.05) is 11.8 Å². The van der Waals surface area contributed by atoms with Gasteiger partial charge in [0.1, 0.15) is 0 Å². The lowest BCUT2D eigenvalue weighted by Gasteiger charge is -2.05. The standard InChI is InChI=1S/C13H11F2NOS/c1-8(17)13-5-3-10(7-16-13)18-9-2-4-11(14)12(15)6-9/h2-8,17H,1H3/t8-/m0/s1. The van der Waals surface area contributed by atoms with E-state index in [2.05, 4.69) is 4.98 Å². The van der Waals surface area contributed by atoms with Crippen LogP contribution in [0.25, 0.3) is 0 Å². The second-order valence-electron chi connectivity index (χ2n) is 3.77. The number of hydrogen-bond donors (Lipinski definition) is 1. The van der Waals surface area contributed by atoms with Crippen molar-refractivity contribution in [1.82, 2.24) is 4.98 Å². The minimum Gasteiger partial charge on any atom is -0.387 e. The normalized spacial score (nSPS) is 12.4. The van der Waals surface area contributed by atoms with Crippen LogP contribution in [-0.2, 0) is 0 Å². The number of nitrogens with zero attached hydrogens (tertiary/aromatic N) is 1. The molecule has 1 aromatic heterocycles. The Morgan fingerprint density at radius 1 is 1.11 bits per heavy atom. The average Bonchev–Trinajstić information content (AvgIpc) is 2.34. The van der Waals surface area contributed by atoms with Gasteiger partial charge in [-0.2, -0.15) is 0 Å². The van der Waals surface area contributed by atoms with E-state index in [0.717, 1.165) is 17.0 Å². The highest BCUT2D eigenvalue weighted by Crippen LogP contribution is 2.28. The van der Waals surface area contributed by atoms with Crippen molar-refractivity contribution in [2.24, 2.45) is 0 Å². The minimum atomic E-state index is -0.867. The Kier molecular flexibility index (Phi) is 3.93. The molecule has 0 unspecified atom stereocenters. The summed E-state index contributed by atoms with van der Waals surface area (Å²) in [5.74, 6) is -1.73. The van der Waals surface area contributed by atoms with E-state index in [0.29, 0.717) is 10.6 Å². The highest BCUT2D eigenvalue weighted by atomic mass is 32.2. The molecule has 0 aliphatic carbocycles. The number of aromatic nitrogens is 1. The quantitative estimate of drug-likeness (QED) is 0.923. The molecule has 0 fully saturated rings. The first-order valence-electron chi connectivity index (χ1n) is 5.33. The molecule has 1 N–H and O–H groups in total. The maximum atomic E-state index is 13.0. The van der Waals surface area contributed by atoms with Gasteiger partial charge in [-0.25, -0.2) is 8.78 Å². The first-order valence-corrected chi connectivity index (χ1v) is 6.15. The fourth-order valence-corrected chi connectivity index (χ4v) is 2.19. The lowest BCUT2D eigenvalue weighted by Crippen LogP contribution is -1.94. The number of benzene rings is 1. The van der Waals surface area contributed by atoms with E-state index in [4.69, 9.17) is 0 Å². The summed E-state index contributed by atoms with van der Waals surface area (Å²) in [6.45, 7) is 1.63. The molecule has 0 saturated heterocycles. The molecule has 1 heterocycles. The van der Waals surface area contributed by atoms with E-state index in [9.17, 15) is 13.9 Å². The number of hydrogen-bond acceptors (Lipinski definition) is 3. The van der Waals surface area contributed by atoms with Crippen LogP contribution in [0, 0.1) is 11.6 Å². The van der Waals surface area contributed by atoms with Gasteiger partial charge in [-0.05, 0) is 37.3 Å². The van der Waals surface area contributed by atoms with E-state index in [1.807, 2.05) is 0 Å². The maximum absolute atomic E-state index is 13.0. The summed E-state index contributed by atoms with van der Waals surface area (Å²) in [4.78, 5) is 5.47. The van der Waals surface area contributed by atoms with Crippen molar-refractivity contribution in [3.8, 4) is 0 Å². The van der Waals surface area contributed by atoms with Gasteiger partial charge < -0.3 is 5.11 Å². The van der Waals surface area contributed by atoms with Gasteiger partial charge in [0.2, 0.25) is 0 Å². The van der Waals surface area contributed by atoms with Gasteiger partial charge in [0.15, 0.2) is 11.6 Å². The fraction of sp³-hybridized carbons (Fsp3) is 0.154. The van der Waals surface area contributed by atoms with E-state index in [1.54, 1.807) is 25.3 Å². The maximum Gasteiger partial charge on any atom is 0.159 e. The number of aliphatic hydroxyl groups excluding tert-OH is 1. The first kappa shape index (κ1) is 13.0. The molecule has 18 heavy (non-hydrogen) atoms. The van der Waals surface area contributed by atoms with Crippen molar-refractivity contribution in [3.05, 3.63) is 53.9 Å². The fourth-order valence-electron chi connectivity index (χ4n) is 1.38. The molecule has 0 aliphatic rings. The molecule has 0 aliphatic heterocycles. The Morgan fingerprint density at radius 2 is 1.83 bits per heavy atom. The molecule has 5 heteroatoms. The summed E-state index contributed by atoms with van der Waals surface area (Å²) in [5.41, 5.74) is 0.574. The van der Waals surface area contributed by atoms with Crippen LogP contribution in [0.5, 0.6) is 0 Å². The van der Waals surface area contributed by atoms with Crippen LogP contribution < -0.4 is 0 Å². The van der Waals surface area contributed by atoms with Crippen molar-refractivity contribution in [1.29, 1.82) is 0 Å². The highest BCUT2D eigenvalue weighted by molar-refractivity contribution is 7.99. The van der Waals surface area contributed by atoms with Crippen LogP contribution in [0.3, 0.4) is 0 Å². The number of pyridine rings is 1. The van der Waals surface area contributed by atoms with E-state index in [1.165, 1.54) is 17.8 Å². The van der Waals surface area contributed by atoms with Crippen LogP contribution in [-0.4, -0.2) is 10.1 Å². The van der Waals surface area contributed by atoms with Gasteiger partial charge in [0.25, 0.3) is 0 Å². The lowest BCUT2D eigenvalue weighted by molar-refractivity contribution is 0.194. The minimum absolute atomic E-state index is 0.574. The summed E-state index contributed by atoms with van der Waals surface area (Å²) in [6, 6.07) is 7.22. The molecular formula is C13H11F2NOS. The Hall–Kier alpha value is -1.46. The van der Waals surface area contributed by atoms with Gasteiger partial charge >= 0.3 is 0 Å². The van der Waals surface area contributed by atoms with Crippen LogP contribution >= 0.6 is 11.8 Å². The summed E-state index contributed by atoms with van der Waals surface area (Å²) in [6.07, 6.45) is 0.973. The highest BCUT2D eigenvalue weighted by Gasteiger charge is 2.06. The zero-order chi connectivity index (χ0) is 13.1. The summed E-state index contributed by atoms with van der Waals surface area (Å²) < 4.78 is 25.8. The number of aliphatic hydroxyl groups is 1. The first-order chi connectivity index (χ1) is 8.56. The average molecular weight is 267 g/mol. The zero-order valence-electron chi connectivity index (χ0n) is 9.60. The van der Waals surface area contributed by atoms with Gasteiger partial charge in [0, 0.05) is 16.0 Å². The van der Waals surface area contributed by atoms with Crippen molar-refractivity contribution in [3.63, 3.8) is 0 Å². The predicted molar refractivity (Wildman–Crippen MR) is 65.4 cm³/mol. The molecule has 94 valence electrons. The van der Waals surface area contributed by atoms with Crippen molar-refractivity contribution in [2.75, 3.05) is 0 Å². The monoisotopic (exact) mass is 267 g/mol. The Balaban J connectivity index is 2.15. The largest absolute Gasteiger partial charge is 0.387 e. The summed E-state index contributed by atoms with van der Waals surface area (Å²) in [7, 11) is 0. The van der Waals surface area contributed by atoms with Gasteiger partial charge in [-0.3, -0.25) is 4.98 Å². The third-order valence-corrected chi connectivity index (χ3v) is 3.28. The molecule has 0 spiro atoms. The third kappa shape index (κ3) is 3.05. The molecule has 1 aromatic carbocycles. The van der Waals surface area contributed by atoms with Gasteiger partial charge in [0.05, 0.1) is 11.8 Å². The number of halogens is 2. The molecule has 2 aromatic rings. The van der Waals surface area contributed by atoms with Crippen LogP contribution in [0.1, 0.15) is 18.7 Å². The van der Waals surface area contributed by atoms with Crippen molar-refractivity contribution in [2.45, 2.75) is 22.8 Å². The predicted octanol–water partition coefficient (Wildman–Crippen LogP) is 3.56. The van der Waals surface area contributed by atoms with E-state index in [-0.39, 0.29) is 0 Å². The van der Waals surface area contributed by atoms with Crippen LogP contribution in [0.15, 0.2) is 46.3 Å². The number of rotatable bonds is 3. The second kappa shape index (κ2) is 5.46. The Labute approximate surface area is 108 Å². The SMILES string of the molecule is C[C@H](O)c1ccc(Sc2ccc(F)c(F)c2)cn1. The molecule has 0 amide bonds. The van der Waals surface area contributed by atoms with Crippen molar-refractivity contribution >= 4 is 11.8 Å². The topological polar surface area (TPSA) is 33.1 Å². The molecule has 2 rings (SSSR count). The Morgan fingerprint density at radius 3 is 2.39 bits per heavy atom. The molecular weight excluding hydrogens is 256 g/mol. The summed E-state index contributed by atoms with van der Waals surface area (Å²) >= 11 is 1.28. The second-order valence-corrected chi connectivity index (χ2v) is 4.92. The van der Waals surface area contributed by atoms with Crippen LogP contribution in [0.4, 0.5) is 8.78 Å². The molecule has 1 atom stereocenters. The summed E-state index contributed by atoms with van der Waals surface area (Å²) in [5, 5.41) is 9.31. The molecule has 0 radical (unpaired) electrons. The zero-order valence-corrected chi connectivity index (χ0v) is 10.4. The van der Waals surface area contributed by atoms with Crippen molar-refractivity contribution < 1.29 is 13.9 Å². The van der Waals surface area contributed by atoms with E-state index < -0.39 is 17.7 Å². The molecule has 0 saturated carbocycles. The smallest absolute Gasteiger partial charge is 0.159 e. The Bertz CT molecular complexity index is 543.